The summed E-state index contributed by atoms with van der Waals surface area (Å²) in [6, 6.07) is 9.89. The van der Waals surface area contributed by atoms with Crippen molar-refractivity contribution in [2.24, 2.45) is 0 Å². The van der Waals surface area contributed by atoms with E-state index in [4.69, 9.17) is 5.11 Å². The summed E-state index contributed by atoms with van der Waals surface area (Å²) in [5.74, 6) is -0.799. The van der Waals surface area contributed by atoms with Gasteiger partial charge in [0.1, 0.15) is 5.69 Å². The molecule has 6 heteroatoms. The van der Waals surface area contributed by atoms with Crippen LogP contribution in [0.2, 0.25) is 0 Å². The SMILES string of the molecule is C[N+](C)(CCCC[C@@H]([NH3+])C(=O)O)c1ccccc1.[Cl-].[Cl-]. The zero-order valence-corrected chi connectivity index (χ0v) is 13.6. The standard InChI is InChI=1S/C14H22N2O2.2ClH/c1-16(2,12-8-4-3-5-9-12)11-7-6-10-13(15)14(17)18;;/h3-5,8-9,13H,6-7,10-11,15H2,1-2H3;2*1H/t13-;;/m1../s1. The molecule has 0 bridgehead atoms. The maximum Gasteiger partial charge on any atom is 0.362 e. The number of benzene rings is 1. The smallest absolute Gasteiger partial charge is 0.362 e. The number of halogens is 2. The summed E-state index contributed by atoms with van der Waals surface area (Å²) in [4.78, 5) is 10.6. The number of carboxylic acid groups (broad SMARTS) is 1. The van der Waals surface area contributed by atoms with Crippen molar-refractivity contribution in [2.75, 3.05) is 20.6 Å². The van der Waals surface area contributed by atoms with E-state index in [0.29, 0.717) is 6.42 Å². The van der Waals surface area contributed by atoms with Crippen LogP contribution in [-0.2, 0) is 4.79 Å². The fourth-order valence-corrected chi connectivity index (χ4v) is 1.98. The highest BCUT2D eigenvalue weighted by Gasteiger charge is 2.19. The lowest BCUT2D eigenvalue weighted by Crippen LogP contribution is -3.00. The largest absolute Gasteiger partial charge is 1.00 e. The molecule has 0 aliphatic carbocycles. The molecule has 0 aliphatic heterocycles. The lowest BCUT2D eigenvalue weighted by Gasteiger charge is -2.29. The third-order valence-electron chi connectivity index (χ3n) is 3.32. The second-order valence-electron chi connectivity index (χ2n) is 5.28. The molecule has 0 fully saturated rings. The highest BCUT2D eigenvalue weighted by Crippen LogP contribution is 2.18. The predicted octanol–water partition coefficient (Wildman–Crippen LogP) is -4.87. The molecule has 0 saturated carbocycles. The molecule has 0 saturated heterocycles. The molecule has 1 aromatic rings. The van der Waals surface area contributed by atoms with Crippen molar-refractivity contribution in [3.63, 3.8) is 0 Å². The van der Waals surface area contributed by atoms with Gasteiger partial charge in [0.05, 0.1) is 20.6 Å². The van der Waals surface area contributed by atoms with Gasteiger partial charge >= 0.3 is 5.97 Å². The number of unbranched alkanes of at least 4 members (excludes halogenated alkanes) is 1. The van der Waals surface area contributed by atoms with Crippen molar-refractivity contribution in [3.05, 3.63) is 30.3 Å². The number of carbonyl (C=O) groups is 1. The lowest BCUT2D eigenvalue weighted by molar-refractivity contribution is -0.409. The Kier molecular flexibility index (Phi) is 10.7. The molecule has 116 valence electrons. The van der Waals surface area contributed by atoms with E-state index < -0.39 is 12.0 Å². The molecule has 0 heterocycles. The normalized spacial score (nSPS) is 11.9. The maximum absolute atomic E-state index is 10.6. The van der Waals surface area contributed by atoms with Crippen molar-refractivity contribution >= 4 is 11.7 Å². The molecule has 4 N–H and O–H groups in total. The van der Waals surface area contributed by atoms with E-state index in [-0.39, 0.29) is 24.8 Å². The third-order valence-corrected chi connectivity index (χ3v) is 3.32. The summed E-state index contributed by atoms with van der Waals surface area (Å²) < 4.78 is 0.829. The monoisotopic (exact) mass is 322 g/mol. The predicted molar refractivity (Wildman–Crippen MR) is 73.1 cm³/mol. The summed E-state index contributed by atoms with van der Waals surface area (Å²) in [5, 5.41) is 8.75. The molecule has 0 aromatic heterocycles. The molecule has 0 amide bonds. The fraction of sp³-hybridized carbons (Fsp3) is 0.500. The van der Waals surface area contributed by atoms with E-state index >= 15 is 0 Å². The molecular formula is C14H24Cl2N2O2. The van der Waals surface area contributed by atoms with Gasteiger partial charge in [-0.25, -0.2) is 4.79 Å². The van der Waals surface area contributed by atoms with Crippen LogP contribution in [0.5, 0.6) is 0 Å². The van der Waals surface area contributed by atoms with E-state index in [9.17, 15) is 4.79 Å². The first-order valence-electron chi connectivity index (χ1n) is 6.38. The van der Waals surface area contributed by atoms with Gasteiger partial charge in [-0.1, -0.05) is 18.2 Å². The number of hydrogen-bond acceptors (Lipinski definition) is 1. The first-order valence-corrected chi connectivity index (χ1v) is 6.38. The Hall–Kier alpha value is -0.810. The van der Waals surface area contributed by atoms with Crippen LogP contribution in [0.4, 0.5) is 5.69 Å². The second kappa shape index (κ2) is 10.00. The zero-order valence-electron chi connectivity index (χ0n) is 12.1. The summed E-state index contributed by atoms with van der Waals surface area (Å²) in [7, 11) is 4.35. The van der Waals surface area contributed by atoms with Gasteiger partial charge < -0.3 is 35.7 Å². The number of para-hydroxylation sites is 1. The topological polar surface area (TPSA) is 64.9 Å². The summed E-state index contributed by atoms with van der Waals surface area (Å²) in [5.41, 5.74) is 4.90. The Morgan fingerprint density at radius 2 is 1.75 bits per heavy atom. The minimum Gasteiger partial charge on any atom is -1.00 e. The van der Waals surface area contributed by atoms with Crippen molar-refractivity contribution in [3.8, 4) is 0 Å². The molecule has 0 radical (unpaired) electrons. The number of aliphatic carboxylic acids is 1. The second-order valence-corrected chi connectivity index (χ2v) is 5.28. The number of carboxylic acids is 1. The van der Waals surface area contributed by atoms with Gasteiger partial charge in [0.25, 0.3) is 0 Å². The minimum atomic E-state index is -0.799. The maximum atomic E-state index is 10.6. The number of nitrogens with zero attached hydrogens (tertiary/aromatic N) is 1. The van der Waals surface area contributed by atoms with Crippen LogP contribution in [0.1, 0.15) is 19.3 Å². The summed E-state index contributed by atoms with van der Waals surface area (Å²) in [6.07, 6.45) is 2.58. The number of rotatable bonds is 7. The van der Waals surface area contributed by atoms with E-state index in [1.807, 2.05) is 18.2 Å². The summed E-state index contributed by atoms with van der Waals surface area (Å²) in [6.45, 7) is 1.01. The van der Waals surface area contributed by atoms with Crippen LogP contribution in [0.25, 0.3) is 0 Å². The first-order chi connectivity index (χ1) is 8.43. The summed E-state index contributed by atoms with van der Waals surface area (Å²) >= 11 is 0. The van der Waals surface area contributed by atoms with Gasteiger partial charge in [-0.15, -0.1) is 0 Å². The third kappa shape index (κ3) is 7.10. The molecule has 1 rings (SSSR count). The Bertz CT molecular complexity index is 386. The van der Waals surface area contributed by atoms with Crippen LogP contribution in [0.15, 0.2) is 30.3 Å². The van der Waals surface area contributed by atoms with Gasteiger partial charge in [-0.2, -0.15) is 0 Å². The molecule has 0 spiro atoms. The molecule has 0 aliphatic rings. The van der Waals surface area contributed by atoms with Crippen molar-refractivity contribution in [1.29, 1.82) is 0 Å². The van der Waals surface area contributed by atoms with Crippen molar-refractivity contribution in [2.45, 2.75) is 25.3 Å². The van der Waals surface area contributed by atoms with E-state index in [2.05, 4.69) is 32.0 Å². The molecular weight excluding hydrogens is 299 g/mol. The van der Waals surface area contributed by atoms with Crippen LogP contribution < -0.4 is 35.0 Å². The van der Waals surface area contributed by atoms with E-state index in [1.165, 1.54) is 5.69 Å². The molecule has 20 heavy (non-hydrogen) atoms. The minimum absolute atomic E-state index is 0. The van der Waals surface area contributed by atoms with Crippen LogP contribution in [-0.4, -0.2) is 37.8 Å². The van der Waals surface area contributed by atoms with Gasteiger partial charge in [0.2, 0.25) is 0 Å². The molecule has 0 unspecified atom stereocenters. The highest BCUT2D eigenvalue weighted by atomic mass is 35.5. The van der Waals surface area contributed by atoms with Crippen LogP contribution in [0, 0.1) is 0 Å². The molecule has 4 nitrogen and oxygen atoms in total. The Balaban J connectivity index is 0. The number of quaternary nitrogens is 2. The Morgan fingerprint density at radius 3 is 2.25 bits per heavy atom. The first kappa shape index (κ1) is 21.5. The van der Waals surface area contributed by atoms with Gasteiger partial charge in [0, 0.05) is 6.42 Å². The lowest BCUT2D eigenvalue weighted by atomic mass is 10.1. The average Bonchev–Trinajstić information content (AvgIpc) is 2.35. The van der Waals surface area contributed by atoms with Crippen LogP contribution >= 0.6 is 0 Å². The molecule has 1 aromatic carbocycles. The fourth-order valence-electron chi connectivity index (χ4n) is 1.98. The average molecular weight is 323 g/mol. The van der Waals surface area contributed by atoms with Gasteiger partial charge in [0.15, 0.2) is 6.04 Å². The number of hydrogen-bond donors (Lipinski definition) is 2. The van der Waals surface area contributed by atoms with E-state index in [0.717, 1.165) is 23.9 Å². The quantitative estimate of drug-likeness (QED) is 0.390. The van der Waals surface area contributed by atoms with Crippen molar-refractivity contribution < 1.29 is 40.4 Å². The van der Waals surface area contributed by atoms with Gasteiger partial charge in [-0.3, -0.25) is 4.48 Å². The van der Waals surface area contributed by atoms with Gasteiger partial charge in [-0.05, 0) is 25.0 Å². The van der Waals surface area contributed by atoms with Crippen molar-refractivity contribution in [1.82, 2.24) is 4.48 Å². The Labute approximate surface area is 133 Å². The Morgan fingerprint density at radius 1 is 1.20 bits per heavy atom. The molecule has 1 atom stereocenters. The zero-order chi connectivity index (χ0) is 13.6. The highest BCUT2D eigenvalue weighted by molar-refractivity contribution is 5.71. The van der Waals surface area contributed by atoms with E-state index in [1.54, 1.807) is 0 Å². The van der Waals surface area contributed by atoms with Crippen LogP contribution in [0.3, 0.4) is 0 Å².